The zero-order valence-electron chi connectivity index (χ0n) is 23.9. The molecule has 3 nitrogen and oxygen atoms in total. The lowest BCUT2D eigenvalue weighted by molar-refractivity contribution is -0.0248. The maximum Gasteiger partial charge on any atom is 0.257 e. The van der Waals surface area contributed by atoms with Crippen molar-refractivity contribution in [2.45, 2.75) is 71.3 Å². The Kier molecular flexibility index (Phi) is 8.44. The summed E-state index contributed by atoms with van der Waals surface area (Å²) >= 11 is 0. The number of benzene rings is 2. The summed E-state index contributed by atoms with van der Waals surface area (Å²) in [7, 11) is 0. The average Bonchev–Trinajstić information content (AvgIpc) is 3.50. The van der Waals surface area contributed by atoms with Crippen LogP contribution in [0.5, 0.6) is 0 Å². The fourth-order valence-electron chi connectivity index (χ4n) is 6.64. The molecule has 1 saturated heterocycles. The number of rotatable bonds is 10. The second-order valence-electron chi connectivity index (χ2n) is 11.9. The van der Waals surface area contributed by atoms with Crippen LogP contribution in [0.25, 0.3) is 16.5 Å². The smallest absolute Gasteiger partial charge is 0.257 e. The first-order valence-corrected chi connectivity index (χ1v) is 14.7. The predicted octanol–water partition coefficient (Wildman–Crippen LogP) is 8.14. The van der Waals surface area contributed by atoms with E-state index in [1.807, 2.05) is 25.1 Å². The van der Waals surface area contributed by atoms with Crippen molar-refractivity contribution in [3.63, 3.8) is 0 Å². The average molecular weight is 556 g/mol. The number of allylic oxidation sites excluding steroid dienone is 1. The minimum absolute atomic E-state index is 0.158. The number of alkyl halides is 2. The fourth-order valence-corrected chi connectivity index (χ4v) is 6.64. The second kappa shape index (κ2) is 11.7. The van der Waals surface area contributed by atoms with Gasteiger partial charge in [-0.3, -0.25) is 4.90 Å². The number of aromatic nitrogens is 1. The normalized spacial score (nSPS) is 20.4. The van der Waals surface area contributed by atoms with E-state index >= 15 is 8.78 Å². The first-order chi connectivity index (χ1) is 19.1. The standard InChI is InChI=1S/C33H41F4N3/c1-5-7-12-39-13-10-22(19-39)15-23-16-27(34)30(28(35)17-23)32-31-26(11-14-40(32)20-33(4,36)37)25-9-8-24(21(3)6-2)18-29(25)38-31/h8-9,16-18,22,32,38H,3,5-7,10-15,19-20H2,1-2,4H3. The van der Waals surface area contributed by atoms with E-state index in [1.165, 1.54) is 17.0 Å². The lowest BCUT2D eigenvalue weighted by Crippen LogP contribution is -2.43. The molecule has 216 valence electrons. The third-order valence-electron chi connectivity index (χ3n) is 8.68. The van der Waals surface area contributed by atoms with E-state index in [2.05, 4.69) is 23.4 Å². The zero-order valence-corrected chi connectivity index (χ0v) is 23.9. The van der Waals surface area contributed by atoms with Crippen molar-refractivity contribution in [1.29, 1.82) is 0 Å². The molecule has 0 bridgehead atoms. The molecule has 1 aromatic heterocycles. The summed E-state index contributed by atoms with van der Waals surface area (Å²) in [6.07, 6.45) is 5.25. The number of nitrogens with one attached hydrogen (secondary N) is 1. The Balaban J connectivity index is 1.50. The van der Waals surface area contributed by atoms with E-state index in [0.29, 0.717) is 30.0 Å². The van der Waals surface area contributed by atoms with Crippen molar-refractivity contribution < 1.29 is 17.6 Å². The van der Waals surface area contributed by atoms with Gasteiger partial charge < -0.3 is 9.88 Å². The molecule has 1 N–H and O–H groups in total. The number of aromatic amines is 1. The SMILES string of the molecule is C=C(CC)c1ccc2c3c([nH]c2c1)C(c1c(F)cc(CC2CCN(CCCC)C2)cc1F)N(CC(C)(F)F)CC3. The molecule has 0 amide bonds. The van der Waals surface area contributed by atoms with Crippen LogP contribution in [-0.2, 0) is 12.8 Å². The molecular weight excluding hydrogens is 514 g/mol. The Morgan fingerprint density at radius 1 is 1.10 bits per heavy atom. The maximum absolute atomic E-state index is 15.9. The number of nitrogens with zero attached hydrogens (tertiary/aromatic N) is 2. The summed E-state index contributed by atoms with van der Waals surface area (Å²) in [6.45, 7) is 11.9. The first-order valence-electron chi connectivity index (χ1n) is 14.7. The highest BCUT2D eigenvalue weighted by atomic mass is 19.3. The number of H-pyrrole nitrogens is 1. The van der Waals surface area contributed by atoms with Crippen molar-refractivity contribution in [2.24, 2.45) is 5.92 Å². The summed E-state index contributed by atoms with van der Waals surface area (Å²) in [6, 6.07) is 7.89. The molecule has 7 heteroatoms. The Labute approximate surface area is 235 Å². The lowest BCUT2D eigenvalue weighted by Gasteiger charge is -2.37. The van der Waals surface area contributed by atoms with Crippen molar-refractivity contribution in [1.82, 2.24) is 14.8 Å². The maximum atomic E-state index is 15.9. The lowest BCUT2D eigenvalue weighted by atomic mass is 9.89. The van der Waals surface area contributed by atoms with Gasteiger partial charge in [-0.2, -0.15) is 0 Å². The molecule has 2 aromatic carbocycles. The molecule has 2 atom stereocenters. The van der Waals surface area contributed by atoms with E-state index in [9.17, 15) is 8.78 Å². The van der Waals surface area contributed by atoms with Gasteiger partial charge in [0.25, 0.3) is 5.92 Å². The van der Waals surface area contributed by atoms with E-state index in [4.69, 9.17) is 0 Å². The molecule has 2 aliphatic heterocycles. The third kappa shape index (κ3) is 6.01. The van der Waals surface area contributed by atoms with Gasteiger partial charge >= 0.3 is 0 Å². The topological polar surface area (TPSA) is 22.3 Å². The first kappa shape index (κ1) is 28.9. The van der Waals surface area contributed by atoms with Crippen LogP contribution < -0.4 is 0 Å². The minimum atomic E-state index is -3.01. The number of fused-ring (bicyclic) bond motifs is 3. The quantitative estimate of drug-likeness (QED) is 0.255. The van der Waals surface area contributed by atoms with Gasteiger partial charge in [-0.25, -0.2) is 17.6 Å². The Hall–Kier alpha value is -2.64. The highest BCUT2D eigenvalue weighted by Gasteiger charge is 2.39. The molecule has 40 heavy (non-hydrogen) atoms. The van der Waals surface area contributed by atoms with Crippen LogP contribution in [0.4, 0.5) is 17.6 Å². The Bertz CT molecular complexity index is 1350. The van der Waals surface area contributed by atoms with Crippen molar-refractivity contribution >= 4 is 16.5 Å². The van der Waals surface area contributed by atoms with E-state index in [0.717, 1.165) is 79.8 Å². The van der Waals surface area contributed by atoms with E-state index in [-0.39, 0.29) is 12.1 Å². The highest BCUT2D eigenvalue weighted by Crippen LogP contribution is 2.42. The summed E-state index contributed by atoms with van der Waals surface area (Å²) in [5.74, 6) is -3.99. The number of halogens is 4. The van der Waals surface area contributed by atoms with E-state index in [1.54, 1.807) is 0 Å². The molecule has 2 aliphatic rings. The number of hydrogen-bond acceptors (Lipinski definition) is 2. The van der Waals surface area contributed by atoms with Crippen molar-refractivity contribution in [2.75, 3.05) is 32.7 Å². The van der Waals surface area contributed by atoms with Gasteiger partial charge in [0.2, 0.25) is 0 Å². The van der Waals surface area contributed by atoms with Gasteiger partial charge in [-0.1, -0.05) is 39.0 Å². The molecule has 0 saturated carbocycles. The minimum Gasteiger partial charge on any atom is -0.357 e. The van der Waals surface area contributed by atoms with Crippen LogP contribution in [0.2, 0.25) is 0 Å². The molecular formula is C33H41F4N3. The third-order valence-corrected chi connectivity index (χ3v) is 8.68. The second-order valence-corrected chi connectivity index (χ2v) is 11.9. The van der Waals surface area contributed by atoms with Gasteiger partial charge in [0.05, 0.1) is 12.6 Å². The summed E-state index contributed by atoms with van der Waals surface area (Å²) in [5, 5.41) is 0.960. The summed E-state index contributed by atoms with van der Waals surface area (Å²) in [5.41, 5.74) is 4.81. The summed E-state index contributed by atoms with van der Waals surface area (Å²) in [4.78, 5) is 7.33. The predicted molar refractivity (Wildman–Crippen MR) is 155 cm³/mol. The molecule has 1 fully saturated rings. The van der Waals surface area contributed by atoms with Crippen LogP contribution in [-0.4, -0.2) is 53.4 Å². The van der Waals surface area contributed by atoms with Crippen LogP contribution in [0, 0.1) is 17.6 Å². The van der Waals surface area contributed by atoms with Crippen LogP contribution in [0.15, 0.2) is 36.9 Å². The molecule has 3 heterocycles. The van der Waals surface area contributed by atoms with E-state index < -0.39 is 30.1 Å². The number of unbranched alkanes of at least 4 members (excludes halogenated alkanes) is 1. The molecule has 0 aliphatic carbocycles. The van der Waals surface area contributed by atoms with Gasteiger partial charge in [0, 0.05) is 42.2 Å². The van der Waals surface area contributed by atoms with Gasteiger partial charge in [0.15, 0.2) is 0 Å². The molecule has 0 spiro atoms. The monoisotopic (exact) mass is 555 g/mol. The van der Waals surface area contributed by atoms with Crippen LogP contribution in [0.3, 0.4) is 0 Å². The molecule has 0 radical (unpaired) electrons. The molecule has 2 unspecified atom stereocenters. The number of hydrogen-bond donors (Lipinski definition) is 1. The Morgan fingerprint density at radius 2 is 1.85 bits per heavy atom. The van der Waals surface area contributed by atoms with Crippen molar-refractivity contribution in [3.05, 3.63) is 76.5 Å². The van der Waals surface area contributed by atoms with Gasteiger partial charge in [0.1, 0.15) is 11.6 Å². The zero-order chi connectivity index (χ0) is 28.6. The summed E-state index contributed by atoms with van der Waals surface area (Å²) < 4.78 is 60.4. The van der Waals surface area contributed by atoms with Gasteiger partial charge in [-0.15, -0.1) is 0 Å². The highest BCUT2D eigenvalue weighted by molar-refractivity contribution is 5.88. The fraction of sp³-hybridized carbons (Fsp3) is 0.515. The largest absolute Gasteiger partial charge is 0.357 e. The Morgan fingerprint density at radius 3 is 2.52 bits per heavy atom. The van der Waals surface area contributed by atoms with Crippen LogP contribution in [0.1, 0.15) is 80.4 Å². The number of likely N-dealkylation sites (tertiary alicyclic amines) is 1. The molecule has 5 rings (SSSR count). The molecule has 3 aromatic rings. The van der Waals surface area contributed by atoms with Gasteiger partial charge in [-0.05, 0) is 91.6 Å². The van der Waals surface area contributed by atoms with Crippen molar-refractivity contribution in [3.8, 4) is 0 Å². The van der Waals surface area contributed by atoms with Crippen LogP contribution >= 0.6 is 0 Å².